The molecule has 7 nitrogen and oxygen atoms in total. The molecule has 10 heteroatoms. The van der Waals surface area contributed by atoms with Crippen LogP contribution in [0, 0.1) is 0 Å². The van der Waals surface area contributed by atoms with E-state index < -0.39 is 18.0 Å². The Hall–Kier alpha value is -2.62. The molecular formula is C15H16F3N5O2. The molecule has 1 aliphatic rings. The molecule has 0 unspecified atom stereocenters. The van der Waals surface area contributed by atoms with Crippen molar-refractivity contribution in [3.05, 3.63) is 36.2 Å². The zero-order valence-electron chi connectivity index (χ0n) is 13.1. The third kappa shape index (κ3) is 4.47. The Bertz CT molecular complexity index is 741. The van der Waals surface area contributed by atoms with Gasteiger partial charge in [0.15, 0.2) is 11.4 Å². The van der Waals surface area contributed by atoms with Crippen LogP contribution in [0.1, 0.15) is 29.4 Å². The molecule has 134 valence electrons. The Morgan fingerprint density at radius 3 is 2.72 bits per heavy atom. The summed E-state index contributed by atoms with van der Waals surface area (Å²) in [5, 5.41) is 13.4. The molecule has 3 rings (SSSR count). The molecule has 1 aromatic carbocycles. The lowest BCUT2D eigenvalue weighted by atomic mass is 10.1. The first-order chi connectivity index (χ1) is 11.9. The van der Waals surface area contributed by atoms with Crippen LogP contribution in [0.5, 0.6) is 5.75 Å². The normalized spacial score (nSPS) is 15.8. The Morgan fingerprint density at radius 1 is 1.28 bits per heavy atom. The number of aromatic nitrogens is 3. The van der Waals surface area contributed by atoms with Crippen molar-refractivity contribution in [1.82, 2.24) is 20.3 Å². The van der Waals surface area contributed by atoms with Crippen LogP contribution in [0.3, 0.4) is 0 Å². The molecule has 2 aromatic rings. The minimum Gasteiger partial charge on any atom is -0.404 e. The number of nitrogens with one attached hydrogen (secondary N) is 2. The van der Waals surface area contributed by atoms with Gasteiger partial charge >= 0.3 is 6.36 Å². The maximum absolute atomic E-state index is 12.4. The molecule has 2 N–H and O–H groups in total. The minimum absolute atomic E-state index is 0.0281. The lowest BCUT2D eigenvalue weighted by Crippen LogP contribution is -2.29. The predicted octanol–water partition coefficient (Wildman–Crippen LogP) is 2.35. The van der Waals surface area contributed by atoms with Crippen LogP contribution in [-0.2, 0) is 0 Å². The van der Waals surface area contributed by atoms with Gasteiger partial charge in [0.25, 0.3) is 5.91 Å². The first-order valence-corrected chi connectivity index (χ1v) is 7.71. The van der Waals surface area contributed by atoms with Gasteiger partial charge in [0.1, 0.15) is 0 Å². The highest BCUT2D eigenvalue weighted by Gasteiger charge is 2.32. The number of rotatable bonds is 4. The number of anilines is 1. The predicted molar refractivity (Wildman–Crippen MR) is 82.2 cm³/mol. The van der Waals surface area contributed by atoms with Crippen LogP contribution < -0.4 is 15.4 Å². The van der Waals surface area contributed by atoms with Crippen LogP contribution in [0.25, 0.3) is 0 Å². The zero-order chi connectivity index (χ0) is 17.9. The van der Waals surface area contributed by atoms with E-state index in [1.807, 2.05) is 0 Å². The fraction of sp³-hybridized carbons (Fsp3) is 0.400. The van der Waals surface area contributed by atoms with Crippen molar-refractivity contribution in [1.29, 1.82) is 0 Å². The van der Waals surface area contributed by atoms with Gasteiger partial charge in [-0.25, -0.2) is 4.68 Å². The summed E-state index contributed by atoms with van der Waals surface area (Å²) in [7, 11) is 0. The first-order valence-electron chi connectivity index (χ1n) is 7.71. The van der Waals surface area contributed by atoms with Crippen LogP contribution in [0.4, 0.5) is 18.9 Å². The van der Waals surface area contributed by atoms with Crippen molar-refractivity contribution in [2.45, 2.75) is 25.2 Å². The van der Waals surface area contributed by atoms with Crippen molar-refractivity contribution in [3.8, 4) is 5.75 Å². The molecule has 1 saturated heterocycles. The monoisotopic (exact) mass is 355 g/mol. The highest BCUT2D eigenvalue weighted by Crippen LogP contribution is 2.30. The Morgan fingerprint density at radius 2 is 2.00 bits per heavy atom. The summed E-state index contributed by atoms with van der Waals surface area (Å²) >= 11 is 0. The molecule has 0 aliphatic carbocycles. The number of nitrogens with zero attached hydrogens (tertiary/aromatic N) is 3. The summed E-state index contributed by atoms with van der Waals surface area (Å²) in [5.41, 5.74) is -0.0680. The van der Waals surface area contributed by atoms with Gasteiger partial charge in [-0.05, 0) is 38.1 Å². The Balaban J connectivity index is 1.71. The van der Waals surface area contributed by atoms with E-state index in [9.17, 15) is 18.0 Å². The van der Waals surface area contributed by atoms with E-state index >= 15 is 0 Å². The second-order valence-electron chi connectivity index (χ2n) is 5.56. The van der Waals surface area contributed by atoms with Crippen LogP contribution in [-0.4, -0.2) is 40.4 Å². The van der Waals surface area contributed by atoms with E-state index in [4.69, 9.17) is 0 Å². The molecule has 25 heavy (non-hydrogen) atoms. The molecule has 0 saturated carbocycles. The van der Waals surface area contributed by atoms with E-state index in [1.54, 1.807) is 4.68 Å². The molecule has 0 atom stereocenters. The Kier molecular flexibility index (Phi) is 4.88. The maximum atomic E-state index is 12.4. The van der Waals surface area contributed by atoms with E-state index in [0.717, 1.165) is 32.0 Å². The van der Waals surface area contributed by atoms with Gasteiger partial charge < -0.3 is 15.4 Å². The minimum atomic E-state index is -4.85. The van der Waals surface area contributed by atoms with Gasteiger partial charge in [0.2, 0.25) is 0 Å². The van der Waals surface area contributed by atoms with Crippen LogP contribution >= 0.6 is 0 Å². The lowest BCUT2D eigenvalue weighted by Gasteiger charge is -2.22. The number of amides is 1. The van der Waals surface area contributed by atoms with Gasteiger partial charge in [0, 0.05) is 0 Å². The van der Waals surface area contributed by atoms with E-state index in [2.05, 4.69) is 25.7 Å². The van der Waals surface area contributed by atoms with Gasteiger partial charge in [-0.15, -0.1) is 18.3 Å². The quantitative estimate of drug-likeness (QED) is 0.880. The van der Waals surface area contributed by atoms with Crippen LogP contribution in [0.2, 0.25) is 0 Å². The number of alkyl halides is 3. The number of carbonyl (C=O) groups excluding carboxylic acids is 1. The fourth-order valence-electron chi connectivity index (χ4n) is 2.60. The molecule has 0 spiro atoms. The Labute approximate surface area is 141 Å². The van der Waals surface area contributed by atoms with E-state index in [1.165, 1.54) is 24.4 Å². The van der Waals surface area contributed by atoms with Gasteiger partial charge in [-0.3, -0.25) is 4.79 Å². The van der Waals surface area contributed by atoms with Crippen molar-refractivity contribution in [2.24, 2.45) is 0 Å². The van der Waals surface area contributed by atoms with Crippen molar-refractivity contribution < 1.29 is 22.7 Å². The second-order valence-corrected chi connectivity index (χ2v) is 5.56. The highest BCUT2D eigenvalue weighted by atomic mass is 19.4. The maximum Gasteiger partial charge on any atom is 0.573 e. The number of benzene rings is 1. The molecule has 1 amide bonds. The first kappa shape index (κ1) is 17.2. The number of hydrogen-bond donors (Lipinski definition) is 2. The molecule has 1 aliphatic heterocycles. The van der Waals surface area contributed by atoms with Crippen molar-refractivity contribution in [3.63, 3.8) is 0 Å². The topological polar surface area (TPSA) is 81.1 Å². The van der Waals surface area contributed by atoms with Gasteiger partial charge in [-0.2, -0.15) is 0 Å². The number of halogens is 3. The summed E-state index contributed by atoms with van der Waals surface area (Å²) < 4.78 is 42.8. The summed E-state index contributed by atoms with van der Waals surface area (Å²) in [5.74, 6) is -1.15. The molecule has 0 bridgehead atoms. The van der Waals surface area contributed by atoms with Crippen molar-refractivity contribution >= 4 is 11.6 Å². The molecule has 0 radical (unpaired) electrons. The largest absolute Gasteiger partial charge is 0.573 e. The zero-order valence-corrected chi connectivity index (χ0v) is 13.1. The number of para-hydroxylation sites is 2. The average molecular weight is 355 g/mol. The molecule has 2 heterocycles. The molecular weight excluding hydrogens is 339 g/mol. The summed E-state index contributed by atoms with van der Waals surface area (Å²) in [6.45, 7) is 1.71. The third-order valence-electron chi connectivity index (χ3n) is 3.79. The van der Waals surface area contributed by atoms with Gasteiger partial charge in [-0.1, -0.05) is 17.3 Å². The highest BCUT2D eigenvalue weighted by molar-refractivity contribution is 6.03. The summed E-state index contributed by atoms with van der Waals surface area (Å²) in [6.07, 6.45) is -1.61. The number of hydrogen-bond acceptors (Lipinski definition) is 5. The molecule has 1 fully saturated rings. The SMILES string of the molecule is O=C(Nc1ccccc1OC(F)(F)F)c1cn(C2CCNCC2)nn1. The fourth-order valence-corrected chi connectivity index (χ4v) is 2.60. The number of carbonyl (C=O) groups is 1. The number of ether oxygens (including phenoxy) is 1. The smallest absolute Gasteiger partial charge is 0.404 e. The summed E-state index contributed by atoms with van der Waals surface area (Å²) in [4.78, 5) is 12.3. The summed E-state index contributed by atoms with van der Waals surface area (Å²) in [6, 6.07) is 5.45. The third-order valence-corrected chi connectivity index (χ3v) is 3.79. The second kappa shape index (κ2) is 7.09. The van der Waals surface area contributed by atoms with E-state index in [-0.39, 0.29) is 17.4 Å². The van der Waals surface area contributed by atoms with Crippen LogP contribution in [0.15, 0.2) is 30.5 Å². The number of piperidine rings is 1. The van der Waals surface area contributed by atoms with Gasteiger partial charge in [0.05, 0.1) is 17.9 Å². The lowest BCUT2D eigenvalue weighted by molar-refractivity contribution is -0.274. The average Bonchev–Trinajstić information content (AvgIpc) is 3.06. The standard InChI is InChI=1S/C15H16F3N5O2/c16-15(17,18)25-13-4-2-1-3-11(13)20-14(24)12-9-23(22-21-12)10-5-7-19-8-6-10/h1-4,9-10,19H,5-8H2,(H,20,24). The van der Waals surface area contributed by atoms with Crippen molar-refractivity contribution in [2.75, 3.05) is 18.4 Å². The molecule has 1 aromatic heterocycles. The van der Waals surface area contributed by atoms with E-state index in [0.29, 0.717) is 0 Å².